The van der Waals surface area contributed by atoms with Crippen LogP contribution in [0.3, 0.4) is 0 Å². The number of hydrogen-bond donors (Lipinski definition) is 0. The summed E-state index contributed by atoms with van der Waals surface area (Å²) in [4.78, 5) is 11.9. The topological polar surface area (TPSA) is 26.3 Å². The van der Waals surface area contributed by atoms with Gasteiger partial charge in [-0.1, -0.05) is 33.8 Å². The van der Waals surface area contributed by atoms with Crippen molar-refractivity contribution in [3.05, 3.63) is 24.3 Å². The Labute approximate surface area is 128 Å². The van der Waals surface area contributed by atoms with E-state index in [9.17, 15) is 4.79 Å². The third-order valence-corrected chi connectivity index (χ3v) is 6.62. The molecule has 0 radical (unpaired) electrons. The molecule has 3 rings (SSSR count). The first-order valence-corrected chi connectivity index (χ1v) is 8.26. The molecule has 0 aromatic heterocycles. The first kappa shape index (κ1) is 14.9. The quantitative estimate of drug-likeness (QED) is 0.518. The molecule has 0 spiro atoms. The van der Waals surface area contributed by atoms with Gasteiger partial charge < -0.3 is 4.74 Å². The van der Waals surface area contributed by atoms with Gasteiger partial charge in [0.1, 0.15) is 6.10 Å². The van der Waals surface area contributed by atoms with E-state index < -0.39 is 0 Å². The zero-order chi connectivity index (χ0) is 15.5. The lowest BCUT2D eigenvalue weighted by atomic mass is 9.56. The SMILES string of the molecule is C=C[C@]1(C)CC[C@@]2(C)C3=CC(=O)O[C@@H]3C(C)(C)CC[C@@H]2C1. The summed E-state index contributed by atoms with van der Waals surface area (Å²) in [6.07, 6.45) is 9.74. The van der Waals surface area contributed by atoms with E-state index in [1.54, 1.807) is 6.08 Å². The number of fused-ring (bicyclic) bond motifs is 3. The summed E-state index contributed by atoms with van der Waals surface area (Å²) in [7, 11) is 0. The van der Waals surface area contributed by atoms with Gasteiger partial charge in [0.05, 0.1) is 0 Å². The second kappa shape index (κ2) is 4.47. The van der Waals surface area contributed by atoms with Crippen LogP contribution in [0, 0.1) is 22.2 Å². The second-order valence-corrected chi connectivity index (χ2v) is 8.62. The average molecular weight is 288 g/mol. The fourth-order valence-corrected chi connectivity index (χ4v) is 4.76. The summed E-state index contributed by atoms with van der Waals surface area (Å²) in [6.45, 7) is 13.2. The lowest BCUT2D eigenvalue weighted by Gasteiger charge is -2.48. The molecule has 21 heavy (non-hydrogen) atoms. The number of carbonyl (C=O) groups is 1. The molecule has 0 amide bonds. The van der Waals surface area contributed by atoms with E-state index in [0.717, 1.165) is 19.3 Å². The van der Waals surface area contributed by atoms with Gasteiger partial charge in [-0.25, -0.2) is 4.79 Å². The van der Waals surface area contributed by atoms with E-state index in [4.69, 9.17) is 4.74 Å². The van der Waals surface area contributed by atoms with Crippen LogP contribution in [0.1, 0.15) is 59.8 Å². The predicted molar refractivity (Wildman–Crippen MR) is 84.7 cm³/mol. The Morgan fingerprint density at radius 1 is 1.24 bits per heavy atom. The van der Waals surface area contributed by atoms with Crippen molar-refractivity contribution in [3.8, 4) is 0 Å². The molecule has 2 heteroatoms. The lowest BCUT2D eigenvalue weighted by Crippen LogP contribution is -2.41. The summed E-state index contributed by atoms with van der Waals surface area (Å²) in [5, 5.41) is 0. The Hall–Kier alpha value is -1.05. The van der Waals surface area contributed by atoms with Crippen LogP contribution >= 0.6 is 0 Å². The van der Waals surface area contributed by atoms with Crippen molar-refractivity contribution in [1.82, 2.24) is 0 Å². The third-order valence-electron chi connectivity index (χ3n) is 6.62. The number of ether oxygens (including phenoxy) is 1. The number of rotatable bonds is 1. The summed E-state index contributed by atoms with van der Waals surface area (Å²) < 4.78 is 5.70. The molecule has 0 N–H and O–H groups in total. The first-order chi connectivity index (χ1) is 9.70. The van der Waals surface area contributed by atoms with Gasteiger partial charge in [-0.05, 0) is 54.4 Å². The third kappa shape index (κ3) is 2.18. The van der Waals surface area contributed by atoms with Gasteiger partial charge in [0.15, 0.2) is 0 Å². The molecule has 2 aliphatic carbocycles. The Morgan fingerprint density at radius 2 is 1.95 bits per heavy atom. The fraction of sp³-hybridized carbons (Fsp3) is 0.737. The van der Waals surface area contributed by atoms with Crippen molar-refractivity contribution in [2.45, 2.75) is 65.9 Å². The number of carbonyl (C=O) groups excluding carboxylic acids is 1. The molecule has 0 bridgehead atoms. The molecular weight excluding hydrogens is 260 g/mol. The fourth-order valence-electron chi connectivity index (χ4n) is 4.76. The van der Waals surface area contributed by atoms with Crippen molar-refractivity contribution in [3.63, 3.8) is 0 Å². The highest BCUT2D eigenvalue weighted by atomic mass is 16.5. The maximum atomic E-state index is 11.9. The van der Waals surface area contributed by atoms with E-state index in [1.165, 1.54) is 18.4 Å². The zero-order valence-corrected chi connectivity index (χ0v) is 13.9. The summed E-state index contributed by atoms with van der Waals surface area (Å²) in [5.74, 6) is 0.487. The Bertz CT molecular complexity index is 516. The van der Waals surface area contributed by atoms with Crippen molar-refractivity contribution < 1.29 is 9.53 Å². The van der Waals surface area contributed by atoms with E-state index in [1.807, 2.05) is 0 Å². The van der Waals surface area contributed by atoms with Crippen molar-refractivity contribution in [1.29, 1.82) is 0 Å². The van der Waals surface area contributed by atoms with E-state index in [0.29, 0.717) is 5.92 Å². The molecule has 1 aliphatic heterocycles. The standard InChI is InChI=1S/C19H28O2/c1-6-18(4)9-10-19(5)13(12-18)7-8-17(2,3)16-14(19)11-15(20)21-16/h6,11,13,16H,1,7-10,12H2,2-5H3/t13-,16+,18-,19-/m1/s1. The van der Waals surface area contributed by atoms with E-state index >= 15 is 0 Å². The first-order valence-electron chi connectivity index (χ1n) is 8.26. The Balaban J connectivity index is 2.03. The molecule has 4 atom stereocenters. The highest BCUT2D eigenvalue weighted by Crippen LogP contribution is 2.60. The van der Waals surface area contributed by atoms with Gasteiger partial charge in [-0.2, -0.15) is 0 Å². The van der Waals surface area contributed by atoms with Crippen LogP contribution in [-0.4, -0.2) is 12.1 Å². The van der Waals surface area contributed by atoms with Crippen LogP contribution in [0.4, 0.5) is 0 Å². The highest BCUT2D eigenvalue weighted by molar-refractivity contribution is 5.86. The van der Waals surface area contributed by atoms with Gasteiger partial charge in [-0.15, -0.1) is 6.58 Å². The van der Waals surface area contributed by atoms with Crippen molar-refractivity contribution in [2.75, 3.05) is 0 Å². The zero-order valence-electron chi connectivity index (χ0n) is 13.9. The van der Waals surface area contributed by atoms with Gasteiger partial charge in [0.2, 0.25) is 0 Å². The molecule has 2 nitrogen and oxygen atoms in total. The normalized spacial score (nSPS) is 45.0. The largest absolute Gasteiger partial charge is 0.454 e. The van der Waals surface area contributed by atoms with Crippen LogP contribution < -0.4 is 0 Å². The van der Waals surface area contributed by atoms with Crippen LogP contribution in [0.2, 0.25) is 0 Å². The van der Waals surface area contributed by atoms with Crippen LogP contribution in [0.15, 0.2) is 24.3 Å². The van der Waals surface area contributed by atoms with E-state index in [-0.39, 0.29) is 28.3 Å². The minimum absolute atomic E-state index is 0.0203. The lowest BCUT2D eigenvalue weighted by molar-refractivity contribution is -0.143. The summed E-state index contributed by atoms with van der Waals surface area (Å²) in [6, 6.07) is 0. The summed E-state index contributed by atoms with van der Waals surface area (Å²) >= 11 is 0. The smallest absolute Gasteiger partial charge is 0.331 e. The molecule has 116 valence electrons. The Kier molecular flexibility index (Phi) is 3.17. The molecule has 1 heterocycles. The van der Waals surface area contributed by atoms with Gasteiger partial charge >= 0.3 is 5.97 Å². The van der Waals surface area contributed by atoms with Crippen LogP contribution in [0.25, 0.3) is 0 Å². The Morgan fingerprint density at radius 3 is 2.62 bits per heavy atom. The van der Waals surface area contributed by atoms with Gasteiger partial charge in [-0.3, -0.25) is 0 Å². The molecule has 0 aromatic rings. The number of allylic oxidation sites excluding steroid dienone is 1. The predicted octanol–water partition coefficient (Wildman–Crippen LogP) is 4.66. The molecule has 2 fully saturated rings. The minimum atomic E-state index is -0.137. The molecule has 0 unspecified atom stereocenters. The van der Waals surface area contributed by atoms with Gasteiger partial charge in [0, 0.05) is 11.5 Å². The van der Waals surface area contributed by atoms with Crippen molar-refractivity contribution in [2.24, 2.45) is 22.2 Å². The average Bonchev–Trinajstić information content (AvgIpc) is 2.81. The second-order valence-electron chi connectivity index (χ2n) is 8.62. The number of esters is 1. The maximum Gasteiger partial charge on any atom is 0.331 e. The molecule has 3 aliphatic rings. The van der Waals surface area contributed by atoms with Crippen molar-refractivity contribution >= 4 is 5.97 Å². The minimum Gasteiger partial charge on any atom is -0.454 e. The van der Waals surface area contributed by atoms with Gasteiger partial charge in [0.25, 0.3) is 0 Å². The number of hydrogen-bond acceptors (Lipinski definition) is 2. The van der Waals surface area contributed by atoms with E-state index in [2.05, 4.69) is 40.3 Å². The molecule has 0 saturated heterocycles. The van der Waals surface area contributed by atoms with Crippen LogP contribution in [-0.2, 0) is 9.53 Å². The molecule has 0 aromatic carbocycles. The maximum absolute atomic E-state index is 11.9. The van der Waals surface area contributed by atoms with Crippen LogP contribution in [0.5, 0.6) is 0 Å². The molecular formula is C19H28O2. The monoisotopic (exact) mass is 288 g/mol. The summed E-state index contributed by atoms with van der Waals surface area (Å²) in [5.41, 5.74) is 1.68. The molecule has 2 saturated carbocycles. The highest BCUT2D eigenvalue weighted by Gasteiger charge is 2.55.